The number of anilines is 1. The van der Waals surface area contributed by atoms with Crippen molar-refractivity contribution in [3.8, 4) is 5.75 Å². The number of hydrazine groups is 1. The number of hydrogen-bond acceptors (Lipinski definition) is 4. The van der Waals surface area contributed by atoms with Gasteiger partial charge < -0.3 is 9.47 Å². The number of hydrogen-bond donors (Lipinski definition) is 1. The minimum absolute atomic E-state index is 0.369. The molecule has 0 saturated carbocycles. The Kier molecular flexibility index (Phi) is 5.03. The summed E-state index contributed by atoms with van der Waals surface area (Å²) in [5.74, 6) is 5.94. The largest absolute Gasteiger partial charge is 0.501 e. The highest BCUT2D eigenvalue weighted by Gasteiger charge is 2.09. The van der Waals surface area contributed by atoms with Crippen LogP contribution in [0.15, 0.2) is 36.6 Å². The summed E-state index contributed by atoms with van der Waals surface area (Å²) < 4.78 is 9.97. The van der Waals surface area contributed by atoms with Crippen LogP contribution >= 0.6 is 0 Å². The van der Waals surface area contributed by atoms with Crippen LogP contribution in [0.25, 0.3) is 0 Å². The Morgan fingerprint density at radius 1 is 1.53 bits per heavy atom. The standard InChI is InChI=1S/C12H16N2O3/c1-3-17-8-7-12(15)14(13)10-5-4-6-11(9-10)16-2/h4-9H,3,13H2,1-2H3. The molecule has 1 amide bonds. The number of benzene rings is 1. The molecular formula is C12H16N2O3. The molecule has 1 aromatic rings. The molecule has 17 heavy (non-hydrogen) atoms. The van der Waals surface area contributed by atoms with Crippen molar-refractivity contribution in [2.75, 3.05) is 18.7 Å². The van der Waals surface area contributed by atoms with Crippen molar-refractivity contribution < 1.29 is 14.3 Å². The molecule has 5 nitrogen and oxygen atoms in total. The van der Waals surface area contributed by atoms with Gasteiger partial charge in [0.05, 0.1) is 25.7 Å². The van der Waals surface area contributed by atoms with Gasteiger partial charge in [0.15, 0.2) is 0 Å². The Hall–Kier alpha value is -2.01. The van der Waals surface area contributed by atoms with Gasteiger partial charge in [-0.3, -0.25) is 4.79 Å². The fourth-order valence-corrected chi connectivity index (χ4v) is 1.17. The van der Waals surface area contributed by atoms with E-state index in [0.29, 0.717) is 18.0 Å². The van der Waals surface area contributed by atoms with E-state index in [4.69, 9.17) is 15.3 Å². The molecule has 1 aromatic carbocycles. The highest BCUT2D eigenvalue weighted by molar-refractivity contribution is 6.00. The summed E-state index contributed by atoms with van der Waals surface area (Å²) in [5, 5.41) is 1.03. The summed E-state index contributed by atoms with van der Waals surface area (Å²) in [6, 6.07) is 6.92. The molecule has 0 aromatic heterocycles. The van der Waals surface area contributed by atoms with Crippen molar-refractivity contribution in [1.82, 2.24) is 0 Å². The zero-order valence-electron chi connectivity index (χ0n) is 9.92. The lowest BCUT2D eigenvalue weighted by molar-refractivity contribution is -0.114. The summed E-state index contributed by atoms with van der Waals surface area (Å²) in [6.07, 6.45) is 2.59. The van der Waals surface area contributed by atoms with Crippen molar-refractivity contribution >= 4 is 11.6 Å². The average Bonchev–Trinajstić information content (AvgIpc) is 2.38. The van der Waals surface area contributed by atoms with E-state index in [1.165, 1.54) is 12.3 Å². The van der Waals surface area contributed by atoms with Gasteiger partial charge in [-0.2, -0.15) is 0 Å². The van der Waals surface area contributed by atoms with E-state index in [-0.39, 0.29) is 5.91 Å². The molecule has 0 aliphatic rings. The first kappa shape index (κ1) is 13.1. The van der Waals surface area contributed by atoms with Crippen molar-refractivity contribution in [2.24, 2.45) is 5.84 Å². The predicted molar refractivity (Wildman–Crippen MR) is 65.4 cm³/mol. The Morgan fingerprint density at radius 3 is 2.94 bits per heavy atom. The van der Waals surface area contributed by atoms with Crippen molar-refractivity contribution in [1.29, 1.82) is 0 Å². The number of carbonyl (C=O) groups excluding carboxylic acids is 1. The van der Waals surface area contributed by atoms with Gasteiger partial charge in [0.25, 0.3) is 5.91 Å². The highest BCUT2D eigenvalue weighted by Crippen LogP contribution is 2.18. The molecule has 92 valence electrons. The number of rotatable bonds is 5. The molecule has 0 fully saturated rings. The minimum atomic E-state index is -0.369. The molecule has 5 heteroatoms. The van der Waals surface area contributed by atoms with Crippen molar-refractivity contribution in [3.63, 3.8) is 0 Å². The van der Waals surface area contributed by atoms with Crippen LogP contribution in [-0.4, -0.2) is 19.6 Å². The van der Waals surface area contributed by atoms with Gasteiger partial charge >= 0.3 is 0 Å². The van der Waals surface area contributed by atoms with Crippen LogP contribution in [0, 0.1) is 0 Å². The molecule has 0 saturated heterocycles. The first-order valence-corrected chi connectivity index (χ1v) is 5.20. The monoisotopic (exact) mass is 236 g/mol. The maximum Gasteiger partial charge on any atom is 0.268 e. The molecule has 0 atom stereocenters. The topological polar surface area (TPSA) is 64.8 Å². The number of amides is 1. The SMILES string of the molecule is CCOC=CC(=O)N(N)c1cccc(OC)c1. The van der Waals surface area contributed by atoms with E-state index in [0.717, 1.165) is 5.01 Å². The Bertz CT molecular complexity index is 404. The van der Waals surface area contributed by atoms with E-state index < -0.39 is 0 Å². The molecule has 2 N–H and O–H groups in total. The van der Waals surface area contributed by atoms with Crippen LogP contribution in [-0.2, 0) is 9.53 Å². The summed E-state index contributed by atoms with van der Waals surface area (Å²) >= 11 is 0. The Balaban J connectivity index is 2.74. The van der Waals surface area contributed by atoms with Gasteiger partial charge in [0.1, 0.15) is 5.75 Å². The molecule has 0 unspecified atom stereocenters. The number of nitrogens with two attached hydrogens (primary N) is 1. The smallest absolute Gasteiger partial charge is 0.268 e. The summed E-state index contributed by atoms with van der Waals surface area (Å²) in [5.41, 5.74) is 0.551. The summed E-state index contributed by atoms with van der Waals surface area (Å²) in [7, 11) is 1.55. The quantitative estimate of drug-likeness (QED) is 0.276. The van der Waals surface area contributed by atoms with E-state index in [1.54, 1.807) is 31.4 Å². The van der Waals surface area contributed by atoms with Gasteiger partial charge in [-0.05, 0) is 19.1 Å². The first-order chi connectivity index (χ1) is 8.19. The highest BCUT2D eigenvalue weighted by atomic mass is 16.5. The van der Waals surface area contributed by atoms with Crippen LogP contribution in [0.3, 0.4) is 0 Å². The summed E-state index contributed by atoms with van der Waals surface area (Å²) in [4.78, 5) is 11.6. The predicted octanol–water partition coefficient (Wildman–Crippen LogP) is 1.45. The zero-order valence-corrected chi connectivity index (χ0v) is 9.92. The third kappa shape index (κ3) is 3.81. The molecule has 0 aliphatic carbocycles. The first-order valence-electron chi connectivity index (χ1n) is 5.20. The molecule has 0 spiro atoms. The van der Waals surface area contributed by atoms with Gasteiger partial charge in [0.2, 0.25) is 0 Å². The van der Waals surface area contributed by atoms with Gasteiger partial charge in [-0.25, -0.2) is 10.9 Å². The zero-order chi connectivity index (χ0) is 12.7. The lowest BCUT2D eigenvalue weighted by Crippen LogP contribution is -2.36. The number of methoxy groups -OCH3 is 1. The lowest BCUT2D eigenvalue weighted by atomic mass is 10.3. The second kappa shape index (κ2) is 6.55. The minimum Gasteiger partial charge on any atom is -0.501 e. The van der Waals surface area contributed by atoms with Crippen molar-refractivity contribution in [3.05, 3.63) is 36.6 Å². The maximum atomic E-state index is 11.6. The molecule has 1 rings (SSSR count). The maximum absolute atomic E-state index is 11.6. The summed E-state index contributed by atoms with van der Waals surface area (Å²) in [6.45, 7) is 2.34. The number of nitrogens with zero attached hydrogens (tertiary/aromatic N) is 1. The second-order valence-corrected chi connectivity index (χ2v) is 3.17. The fraction of sp³-hybridized carbons (Fsp3) is 0.250. The Labute approximate surface area is 100 Å². The molecule has 0 aliphatic heterocycles. The Morgan fingerprint density at radius 2 is 2.29 bits per heavy atom. The number of ether oxygens (including phenoxy) is 2. The van der Waals surface area contributed by atoms with Crippen LogP contribution < -0.4 is 15.6 Å². The van der Waals surface area contributed by atoms with E-state index in [2.05, 4.69) is 0 Å². The second-order valence-electron chi connectivity index (χ2n) is 3.17. The van der Waals surface area contributed by atoms with Crippen LogP contribution in [0.2, 0.25) is 0 Å². The third-order valence-electron chi connectivity index (χ3n) is 2.04. The van der Waals surface area contributed by atoms with Gasteiger partial charge in [-0.1, -0.05) is 6.07 Å². The van der Waals surface area contributed by atoms with E-state index >= 15 is 0 Å². The lowest BCUT2D eigenvalue weighted by Gasteiger charge is -2.15. The van der Waals surface area contributed by atoms with Gasteiger partial charge in [0, 0.05) is 12.1 Å². The van der Waals surface area contributed by atoms with Crippen LogP contribution in [0.1, 0.15) is 6.92 Å². The van der Waals surface area contributed by atoms with Crippen LogP contribution in [0.5, 0.6) is 5.75 Å². The molecule has 0 radical (unpaired) electrons. The van der Waals surface area contributed by atoms with E-state index in [9.17, 15) is 4.79 Å². The number of carbonyl (C=O) groups is 1. The van der Waals surface area contributed by atoms with E-state index in [1.807, 2.05) is 6.92 Å². The normalized spacial score (nSPS) is 10.3. The van der Waals surface area contributed by atoms with Crippen LogP contribution in [0.4, 0.5) is 5.69 Å². The van der Waals surface area contributed by atoms with Crippen molar-refractivity contribution in [2.45, 2.75) is 6.92 Å². The molecular weight excluding hydrogens is 220 g/mol. The average molecular weight is 236 g/mol. The van der Waals surface area contributed by atoms with Gasteiger partial charge in [-0.15, -0.1) is 0 Å². The fourth-order valence-electron chi connectivity index (χ4n) is 1.17. The third-order valence-corrected chi connectivity index (χ3v) is 2.04. The molecule has 0 heterocycles. The molecule has 0 bridgehead atoms.